The van der Waals surface area contributed by atoms with Crippen LogP contribution in [0.15, 0.2) is 31.0 Å². The number of rotatable bonds is 9. The third-order valence-corrected chi connectivity index (χ3v) is 6.21. The summed E-state index contributed by atoms with van der Waals surface area (Å²) in [6.07, 6.45) is 13.3. The van der Waals surface area contributed by atoms with Gasteiger partial charge in [0, 0.05) is 24.5 Å². The molecule has 170 valence electrons. The quantitative estimate of drug-likeness (QED) is 0.359. The summed E-state index contributed by atoms with van der Waals surface area (Å²) in [6, 6.07) is 0. The second-order valence-electron chi connectivity index (χ2n) is 7.98. The number of aromatic nitrogens is 6. The maximum Gasteiger partial charge on any atom is 0.180 e. The van der Waals surface area contributed by atoms with Crippen LogP contribution in [0.3, 0.4) is 0 Å². The lowest BCUT2D eigenvalue weighted by Gasteiger charge is -2.19. The van der Waals surface area contributed by atoms with Crippen LogP contribution in [0.1, 0.15) is 50.7 Å². The van der Waals surface area contributed by atoms with Crippen molar-refractivity contribution in [1.82, 2.24) is 34.4 Å². The maximum absolute atomic E-state index is 4.69. The molecule has 0 radical (unpaired) electrons. The molecule has 0 amide bonds. The molecule has 0 bridgehead atoms. The molecule has 0 aliphatic heterocycles. The van der Waals surface area contributed by atoms with Crippen molar-refractivity contribution < 1.29 is 0 Å². The van der Waals surface area contributed by atoms with Gasteiger partial charge in [-0.15, -0.1) is 0 Å². The number of nitrogens with zero attached hydrogens (tertiary/aromatic N) is 6. The molecule has 1 saturated carbocycles. The SMILES string of the molecule is CC.CCCN(Cc1ncc(Nc2nc(C)cn3c(-c4cn[nH]c4)cnc23)s1)CC1CC1. The number of aromatic amines is 1. The second kappa shape index (κ2) is 10.2. The zero-order valence-electron chi connectivity index (χ0n) is 19.3. The number of anilines is 2. The van der Waals surface area contributed by atoms with E-state index >= 15 is 0 Å². The third-order valence-electron chi connectivity index (χ3n) is 5.31. The smallest absolute Gasteiger partial charge is 0.180 e. The number of hydrogen-bond acceptors (Lipinski definition) is 7. The number of nitrogens with one attached hydrogen (secondary N) is 2. The maximum atomic E-state index is 4.69. The molecule has 0 saturated heterocycles. The highest BCUT2D eigenvalue weighted by molar-refractivity contribution is 7.15. The van der Waals surface area contributed by atoms with Gasteiger partial charge in [-0.25, -0.2) is 15.0 Å². The van der Waals surface area contributed by atoms with E-state index in [1.165, 1.54) is 25.8 Å². The molecule has 8 nitrogen and oxygen atoms in total. The number of hydrogen-bond donors (Lipinski definition) is 2. The zero-order valence-corrected chi connectivity index (χ0v) is 20.1. The molecule has 0 unspecified atom stereocenters. The predicted octanol–water partition coefficient (Wildman–Crippen LogP) is 5.28. The van der Waals surface area contributed by atoms with Crippen LogP contribution in [0.5, 0.6) is 0 Å². The minimum absolute atomic E-state index is 0.739. The monoisotopic (exact) mass is 452 g/mol. The van der Waals surface area contributed by atoms with Gasteiger partial charge in [0.25, 0.3) is 0 Å². The van der Waals surface area contributed by atoms with Gasteiger partial charge in [-0.3, -0.25) is 14.4 Å². The van der Waals surface area contributed by atoms with Gasteiger partial charge in [0.05, 0.1) is 36.5 Å². The minimum atomic E-state index is 0.739. The molecule has 4 aromatic heterocycles. The van der Waals surface area contributed by atoms with Gasteiger partial charge in [-0.2, -0.15) is 5.10 Å². The first-order chi connectivity index (χ1) is 15.7. The molecule has 32 heavy (non-hydrogen) atoms. The summed E-state index contributed by atoms with van der Waals surface area (Å²) in [5.41, 5.74) is 3.67. The summed E-state index contributed by atoms with van der Waals surface area (Å²) in [7, 11) is 0. The largest absolute Gasteiger partial charge is 0.327 e. The van der Waals surface area contributed by atoms with Crippen LogP contribution in [-0.4, -0.2) is 47.5 Å². The number of thiazole rings is 1. The summed E-state index contributed by atoms with van der Waals surface area (Å²) < 4.78 is 2.05. The van der Waals surface area contributed by atoms with Crippen LogP contribution in [0.25, 0.3) is 16.9 Å². The average molecular weight is 453 g/mol. The highest BCUT2D eigenvalue weighted by Gasteiger charge is 2.24. The van der Waals surface area contributed by atoms with Crippen LogP contribution in [0.4, 0.5) is 10.8 Å². The van der Waals surface area contributed by atoms with E-state index in [0.717, 1.165) is 57.4 Å². The van der Waals surface area contributed by atoms with Crippen molar-refractivity contribution in [3.8, 4) is 11.3 Å². The van der Waals surface area contributed by atoms with E-state index in [1.807, 2.05) is 45.6 Å². The summed E-state index contributed by atoms with van der Waals surface area (Å²) in [6.45, 7) is 11.5. The van der Waals surface area contributed by atoms with Gasteiger partial charge in [-0.05, 0) is 38.6 Å². The molecule has 1 aliphatic rings. The lowest BCUT2D eigenvalue weighted by atomic mass is 10.3. The van der Waals surface area contributed by atoms with Gasteiger partial charge in [-0.1, -0.05) is 32.1 Å². The van der Waals surface area contributed by atoms with E-state index in [0.29, 0.717) is 0 Å². The van der Waals surface area contributed by atoms with Crippen LogP contribution in [0.2, 0.25) is 0 Å². The second-order valence-corrected chi connectivity index (χ2v) is 9.09. The van der Waals surface area contributed by atoms with E-state index in [2.05, 4.69) is 46.7 Å². The highest BCUT2D eigenvalue weighted by Crippen LogP contribution is 2.31. The molecule has 1 aliphatic carbocycles. The van der Waals surface area contributed by atoms with Crippen LogP contribution < -0.4 is 5.32 Å². The molecule has 0 spiro atoms. The topological polar surface area (TPSA) is 87.0 Å². The first kappa shape index (κ1) is 22.4. The minimum Gasteiger partial charge on any atom is -0.327 e. The van der Waals surface area contributed by atoms with Crippen molar-refractivity contribution in [3.63, 3.8) is 0 Å². The third kappa shape index (κ3) is 5.16. The van der Waals surface area contributed by atoms with Gasteiger partial charge in [0.15, 0.2) is 11.5 Å². The molecule has 2 N–H and O–H groups in total. The molecular weight excluding hydrogens is 420 g/mol. The summed E-state index contributed by atoms with van der Waals surface area (Å²) >= 11 is 1.69. The molecule has 1 fully saturated rings. The van der Waals surface area contributed by atoms with Crippen LogP contribution in [-0.2, 0) is 6.54 Å². The Balaban J connectivity index is 0.00000119. The zero-order chi connectivity index (χ0) is 22.5. The number of fused-ring (bicyclic) bond motifs is 1. The molecule has 9 heteroatoms. The fourth-order valence-corrected chi connectivity index (χ4v) is 4.62. The van der Waals surface area contributed by atoms with Gasteiger partial charge < -0.3 is 5.32 Å². The van der Waals surface area contributed by atoms with E-state index in [-0.39, 0.29) is 0 Å². The molecule has 5 rings (SSSR count). The number of aryl methyl sites for hydroxylation is 1. The molecule has 0 aromatic carbocycles. The number of H-pyrrole nitrogens is 1. The average Bonchev–Trinajstić information content (AvgIpc) is 3.16. The Morgan fingerprint density at radius 3 is 2.78 bits per heavy atom. The fraction of sp³-hybridized carbons (Fsp3) is 0.478. The standard InChI is InChI=1S/C21H26N8S.C2H6/c1-3-6-28(12-15-4-5-15)13-19-22-10-18(30-19)27-20-21-23-9-17(16-7-24-25-8-16)29(21)11-14(2)26-20;1-2/h7-11,15H,3-6,12-13H2,1-2H3,(H,24,25)(H,26,27);1-2H3. The lowest BCUT2D eigenvalue weighted by Crippen LogP contribution is -2.26. The Bertz CT molecular complexity index is 1130. The Hall–Kier alpha value is -2.78. The van der Waals surface area contributed by atoms with E-state index in [9.17, 15) is 0 Å². The van der Waals surface area contributed by atoms with Crippen molar-refractivity contribution in [3.05, 3.63) is 41.7 Å². The summed E-state index contributed by atoms with van der Waals surface area (Å²) in [5.74, 6) is 1.63. The normalized spacial score (nSPS) is 13.4. The fourth-order valence-electron chi connectivity index (χ4n) is 3.76. The van der Waals surface area contributed by atoms with Gasteiger partial charge in [0.1, 0.15) is 10.0 Å². The van der Waals surface area contributed by atoms with Crippen molar-refractivity contribution in [2.45, 2.75) is 53.5 Å². The number of imidazole rings is 1. The lowest BCUT2D eigenvalue weighted by molar-refractivity contribution is 0.255. The summed E-state index contributed by atoms with van der Waals surface area (Å²) in [4.78, 5) is 16.5. The first-order valence-corrected chi connectivity index (χ1v) is 12.3. The van der Waals surface area contributed by atoms with Crippen molar-refractivity contribution in [1.29, 1.82) is 0 Å². The van der Waals surface area contributed by atoms with Gasteiger partial charge in [0.2, 0.25) is 0 Å². The van der Waals surface area contributed by atoms with Crippen molar-refractivity contribution in [2.75, 3.05) is 18.4 Å². The Kier molecular flexibility index (Phi) is 7.16. The first-order valence-electron chi connectivity index (χ1n) is 11.5. The molecule has 4 aromatic rings. The van der Waals surface area contributed by atoms with Crippen LogP contribution in [0, 0.1) is 12.8 Å². The van der Waals surface area contributed by atoms with Crippen molar-refractivity contribution in [2.24, 2.45) is 5.92 Å². The molecule has 0 atom stereocenters. The van der Waals surface area contributed by atoms with Crippen molar-refractivity contribution >= 4 is 27.8 Å². The Morgan fingerprint density at radius 2 is 2.06 bits per heavy atom. The van der Waals surface area contributed by atoms with E-state index in [4.69, 9.17) is 0 Å². The van der Waals surface area contributed by atoms with E-state index in [1.54, 1.807) is 17.5 Å². The van der Waals surface area contributed by atoms with Gasteiger partial charge >= 0.3 is 0 Å². The Labute approximate surface area is 193 Å². The molecule has 4 heterocycles. The van der Waals surface area contributed by atoms with E-state index < -0.39 is 0 Å². The van der Waals surface area contributed by atoms with Crippen LogP contribution >= 0.6 is 11.3 Å². The predicted molar refractivity (Wildman–Crippen MR) is 130 cm³/mol. The molecular formula is C23H32N8S. The highest BCUT2D eigenvalue weighted by atomic mass is 32.1. The summed E-state index contributed by atoms with van der Waals surface area (Å²) in [5, 5.41) is 12.5. The Morgan fingerprint density at radius 1 is 1.22 bits per heavy atom.